The van der Waals surface area contributed by atoms with E-state index in [-0.39, 0.29) is 12.6 Å². The Bertz CT molecular complexity index is 684. The molecule has 5 heteroatoms. The van der Waals surface area contributed by atoms with Crippen LogP contribution < -0.4 is 0 Å². The van der Waals surface area contributed by atoms with Gasteiger partial charge in [0.15, 0.2) is 0 Å². The number of carbonyl (C=O) groups is 1. The molecule has 0 aliphatic carbocycles. The first-order valence-electron chi connectivity index (χ1n) is 7.37. The van der Waals surface area contributed by atoms with Crippen LogP contribution in [0.5, 0.6) is 0 Å². The third kappa shape index (κ3) is 2.65. The van der Waals surface area contributed by atoms with Gasteiger partial charge in [0.2, 0.25) is 0 Å². The Morgan fingerprint density at radius 3 is 2.81 bits per heavy atom. The third-order valence-electron chi connectivity index (χ3n) is 4.15. The molecule has 0 amide bonds. The lowest BCUT2D eigenvalue weighted by Gasteiger charge is -2.22. The Morgan fingerprint density at radius 1 is 1.38 bits per heavy atom. The highest BCUT2D eigenvalue weighted by Crippen LogP contribution is 2.31. The smallest absolute Gasteiger partial charge is 0.323 e. The number of aliphatic carboxylic acids is 1. The van der Waals surface area contributed by atoms with E-state index in [1.807, 2.05) is 26.0 Å². The Labute approximate surface area is 123 Å². The summed E-state index contributed by atoms with van der Waals surface area (Å²) in [6.07, 6.45) is 2.97. The van der Waals surface area contributed by atoms with E-state index < -0.39 is 5.97 Å². The van der Waals surface area contributed by atoms with Gasteiger partial charge in [-0.3, -0.25) is 4.79 Å². The molecule has 1 saturated heterocycles. The molecule has 1 aliphatic heterocycles. The van der Waals surface area contributed by atoms with Gasteiger partial charge >= 0.3 is 5.97 Å². The van der Waals surface area contributed by atoms with Gasteiger partial charge in [0.05, 0.1) is 11.0 Å². The highest BCUT2D eigenvalue weighted by molar-refractivity contribution is 5.80. The maximum Gasteiger partial charge on any atom is 0.323 e. The van der Waals surface area contributed by atoms with Crippen LogP contribution in [0.4, 0.5) is 0 Å². The molecule has 112 valence electrons. The number of rotatable bonds is 3. The average molecular weight is 288 g/mol. The van der Waals surface area contributed by atoms with Crippen molar-refractivity contribution in [1.29, 1.82) is 0 Å². The molecule has 1 unspecified atom stereocenters. The molecule has 5 nitrogen and oxygen atoms in total. The largest absolute Gasteiger partial charge is 0.480 e. The second-order valence-corrected chi connectivity index (χ2v) is 5.73. The van der Waals surface area contributed by atoms with Gasteiger partial charge in [-0.1, -0.05) is 0 Å². The number of aromatic nitrogens is 2. The van der Waals surface area contributed by atoms with Gasteiger partial charge in [-0.15, -0.1) is 0 Å². The molecular formula is C16H20N2O3. The summed E-state index contributed by atoms with van der Waals surface area (Å²) in [5.41, 5.74) is 4.04. The van der Waals surface area contributed by atoms with E-state index in [1.165, 1.54) is 5.56 Å². The van der Waals surface area contributed by atoms with Crippen LogP contribution in [-0.2, 0) is 16.1 Å². The zero-order chi connectivity index (χ0) is 15.0. The third-order valence-corrected chi connectivity index (χ3v) is 4.15. The van der Waals surface area contributed by atoms with Crippen molar-refractivity contribution >= 4 is 17.0 Å². The Kier molecular flexibility index (Phi) is 3.68. The number of fused-ring (bicyclic) bond motifs is 1. The molecule has 1 aromatic carbocycles. The average Bonchev–Trinajstić information content (AvgIpc) is 2.78. The summed E-state index contributed by atoms with van der Waals surface area (Å²) >= 11 is 0. The Balaban J connectivity index is 2.14. The molecule has 0 bridgehead atoms. The molecule has 2 heterocycles. The number of hydrogen-bond acceptors (Lipinski definition) is 3. The molecular weight excluding hydrogens is 268 g/mol. The monoisotopic (exact) mass is 288 g/mol. The zero-order valence-corrected chi connectivity index (χ0v) is 12.4. The summed E-state index contributed by atoms with van der Waals surface area (Å²) in [5, 5.41) is 9.20. The summed E-state index contributed by atoms with van der Waals surface area (Å²) in [7, 11) is 0. The van der Waals surface area contributed by atoms with Gasteiger partial charge in [0.1, 0.15) is 18.5 Å². The number of carboxylic acids is 1. The second kappa shape index (κ2) is 5.48. The number of carboxylic acid groups (broad SMARTS) is 1. The van der Waals surface area contributed by atoms with E-state index in [0.29, 0.717) is 0 Å². The van der Waals surface area contributed by atoms with E-state index in [2.05, 4.69) is 4.98 Å². The summed E-state index contributed by atoms with van der Waals surface area (Å²) < 4.78 is 7.59. The predicted molar refractivity (Wildman–Crippen MR) is 79.4 cm³/mol. The normalized spacial score (nSPS) is 19.0. The molecule has 1 aromatic heterocycles. The van der Waals surface area contributed by atoms with E-state index in [4.69, 9.17) is 4.74 Å². The molecule has 1 atom stereocenters. The van der Waals surface area contributed by atoms with Crippen molar-refractivity contribution < 1.29 is 14.6 Å². The summed E-state index contributed by atoms with van der Waals surface area (Å²) in [6.45, 7) is 4.72. The fraction of sp³-hybridized carbons (Fsp3) is 0.500. The van der Waals surface area contributed by atoms with Crippen LogP contribution in [0, 0.1) is 13.8 Å². The molecule has 0 saturated carbocycles. The van der Waals surface area contributed by atoms with Crippen molar-refractivity contribution in [2.24, 2.45) is 0 Å². The van der Waals surface area contributed by atoms with Crippen molar-refractivity contribution in [3.63, 3.8) is 0 Å². The molecule has 21 heavy (non-hydrogen) atoms. The number of imidazole rings is 1. The maximum absolute atomic E-state index is 11.2. The van der Waals surface area contributed by atoms with Crippen LogP contribution >= 0.6 is 0 Å². The maximum atomic E-state index is 11.2. The minimum absolute atomic E-state index is 0.0752. The lowest BCUT2D eigenvalue weighted by molar-refractivity contribution is -0.137. The molecule has 3 rings (SSSR count). The number of hydrogen-bond donors (Lipinski definition) is 1. The van der Waals surface area contributed by atoms with E-state index in [1.54, 1.807) is 4.57 Å². The van der Waals surface area contributed by atoms with Gasteiger partial charge < -0.3 is 14.4 Å². The lowest BCUT2D eigenvalue weighted by Crippen LogP contribution is -2.19. The molecule has 1 N–H and O–H groups in total. The van der Waals surface area contributed by atoms with Gasteiger partial charge in [-0.05, 0) is 56.4 Å². The van der Waals surface area contributed by atoms with E-state index >= 15 is 0 Å². The van der Waals surface area contributed by atoms with Crippen LogP contribution in [0.25, 0.3) is 11.0 Å². The highest BCUT2D eigenvalue weighted by Gasteiger charge is 2.24. The predicted octanol–water partition coefficient (Wildman–Crippen LogP) is 2.98. The van der Waals surface area contributed by atoms with Crippen LogP contribution in [0.3, 0.4) is 0 Å². The van der Waals surface area contributed by atoms with E-state index in [0.717, 1.165) is 48.3 Å². The standard InChI is InChI=1S/C16H20N2O3/c1-10-7-12-13(8-11(10)2)18(9-15(19)20)16(17-12)14-5-3-4-6-21-14/h7-8,14H,3-6,9H2,1-2H3,(H,19,20). The fourth-order valence-electron chi connectivity index (χ4n) is 2.89. The number of benzene rings is 1. The summed E-state index contributed by atoms with van der Waals surface area (Å²) in [4.78, 5) is 15.9. The van der Waals surface area contributed by atoms with Crippen LogP contribution in [0.15, 0.2) is 12.1 Å². The van der Waals surface area contributed by atoms with Gasteiger partial charge in [0, 0.05) is 6.61 Å². The van der Waals surface area contributed by atoms with Crippen molar-refractivity contribution in [2.75, 3.05) is 6.61 Å². The number of nitrogens with zero attached hydrogens (tertiary/aromatic N) is 2. The SMILES string of the molecule is Cc1cc2nc(C3CCCCO3)n(CC(=O)O)c2cc1C. The molecule has 2 aromatic rings. The number of aryl methyl sites for hydroxylation is 2. The first-order chi connectivity index (χ1) is 10.1. The van der Waals surface area contributed by atoms with Gasteiger partial charge in [0.25, 0.3) is 0 Å². The number of ether oxygens (including phenoxy) is 1. The summed E-state index contributed by atoms with van der Waals surface area (Å²) in [6, 6.07) is 4.04. The topological polar surface area (TPSA) is 64.4 Å². The first kappa shape index (κ1) is 14.1. The van der Waals surface area contributed by atoms with Crippen molar-refractivity contribution in [1.82, 2.24) is 9.55 Å². The van der Waals surface area contributed by atoms with Crippen LogP contribution in [-0.4, -0.2) is 27.2 Å². The van der Waals surface area contributed by atoms with Crippen molar-refractivity contribution in [3.8, 4) is 0 Å². The molecule has 1 aliphatic rings. The first-order valence-corrected chi connectivity index (χ1v) is 7.37. The molecule has 0 spiro atoms. The Morgan fingerprint density at radius 2 is 2.14 bits per heavy atom. The minimum Gasteiger partial charge on any atom is -0.480 e. The molecule has 0 radical (unpaired) electrons. The van der Waals surface area contributed by atoms with Gasteiger partial charge in [-0.2, -0.15) is 0 Å². The van der Waals surface area contributed by atoms with Gasteiger partial charge in [-0.25, -0.2) is 4.98 Å². The lowest BCUT2D eigenvalue weighted by atomic mass is 10.1. The van der Waals surface area contributed by atoms with E-state index in [9.17, 15) is 9.90 Å². The van der Waals surface area contributed by atoms with Crippen LogP contribution in [0.2, 0.25) is 0 Å². The molecule has 1 fully saturated rings. The minimum atomic E-state index is -0.857. The summed E-state index contributed by atoms with van der Waals surface area (Å²) in [5.74, 6) is -0.110. The fourth-order valence-corrected chi connectivity index (χ4v) is 2.89. The Hall–Kier alpha value is -1.88. The second-order valence-electron chi connectivity index (χ2n) is 5.73. The highest BCUT2D eigenvalue weighted by atomic mass is 16.5. The quantitative estimate of drug-likeness (QED) is 0.943. The van der Waals surface area contributed by atoms with Crippen LogP contribution in [0.1, 0.15) is 42.3 Å². The van der Waals surface area contributed by atoms with Crippen molar-refractivity contribution in [3.05, 3.63) is 29.1 Å². The zero-order valence-electron chi connectivity index (χ0n) is 12.4. The van der Waals surface area contributed by atoms with Crippen molar-refractivity contribution in [2.45, 2.75) is 45.8 Å².